The topological polar surface area (TPSA) is 68.1 Å². The first-order chi connectivity index (χ1) is 16.5. The molecule has 1 saturated heterocycles. The number of nitrogens with one attached hydrogen (secondary N) is 1. The summed E-state index contributed by atoms with van der Waals surface area (Å²) < 4.78 is 8.23. The van der Waals surface area contributed by atoms with Gasteiger partial charge >= 0.3 is 0 Å². The molecule has 4 aromatic rings. The van der Waals surface area contributed by atoms with Crippen LogP contribution >= 0.6 is 0 Å². The highest BCUT2D eigenvalue weighted by molar-refractivity contribution is 5.81. The summed E-state index contributed by atoms with van der Waals surface area (Å²) in [6, 6.07) is 12.4. The predicted octanol–water partition coefficient (Wildman–Crippen LogP) is 4.62. The third-order valence-corrected chi connectivity index (χ3v) is 6.16. The number of hydrogen-bond acceptors (Lipinski definition) is 6. The van der Waals surface area contributed by atoms with E-state index >= 15 is 0 Å². The SMILES string of the molecule is C#Cc1ccc2nc(Nc3cc(OC4CCN(C(C)C)C4)cc(-c4cnn(C)c4)c3)ncc2c1. The Hall–Kier alpha value is -3.89. The molecule has 7 heteroatoms. The van der Waals surface area contributed by atoms with Crippen LogP contribution in [0, 0.1) is 12.3 Å². The fourth-order valence-corrected chi connectivity index (χ4v) is 4.30. The van der Waals surface area contributed by atoms with E-state index in [-0.39, 0.29) is 6.10 Å². The van der Waals surface area contributed by atoms with Crippen molar-refractivity contribution >= 4 is 22.5 Å². The second-order valence-corrected chi connectivity index (χ2v) is 9.00. The quantitative estimate of drug-likeness (QED) is 0.431. The Kier molecular flexibility index (Phi) is 5.91. The molecule has 1 unspecified atom stereocenters. The molecule has 1 atom stereocenters. The number of anilines is 2. The lowest BCUT2D eigenvalue weighted by Gasteiger charge is -2.21. The second-order valence-electron chi connectivity index (χ2n) is 9.00. The van der Waals surface area contributed by atoms with Crippen LogP contribution in [0.3, 0.4) is 0 Å². The van der Waals surface area contributed by atoms with E-state index in [2.05, 4.69) is 57.2 Å². The molecule has 0 spiro atoms. The third kappa shape index (κ3) is 4.73. The highest BCUT2D eigenvalue weighted by atomic mass is 16.5. The summed E-state index contributed by atoms with van der Waals surface area (Å²) in [6.45, 7) is 6.45. The number of terminal acetylenes is 1. The Morgan fingerprint density at radius 2 is 2.03 bits per heavy atom. The van der Waals surface area contributed by atoms with E-state index in [9.17, 15) is 0 Å². The predicted molar refractivity (Wildman–Crippen MR) is 135 cm³/mol. The van der Waals surface area contributed by atoms with Gasteiger partial charge in [-0.3, -0.25) is 9.58 Å². The molecular weight excluding hydrogens is 424 g/mol. The molecule has 0 saturated carbocycles. The van der Waals surface area contributed by atoms with Crippen LogP contribution in [0.5, 0.6) is 5.75 Å². The van der Waals surface area contributed by atoms with Crippen molar-refractivity contribution in [1.82, 2.24) is 24.6 Å². The van der Waals surface area contributed by atoms with Gasteiger partial charge in [-0.05, 0) is 56.2 Å². The number of ether oxygens (including phenoxy) is 1. The number of fused-ring (bicyclic) bond motifs is 1. The van der Waals surface area contributed by atoms with Gasteiger partial charge in [0.1, 0.15) is 11.9 Å². The number of benzene rings is 2. The molecular formula is C27H28N6O. The number of hydrogen-bond donors (Lipinski definition) is 1. The summed E-state index contributed by atoms with van der Waals surface area (Å²) >= 11 is 0. The van der Waals surface area contributed by atoms with Gasteiger partial charge < -0.3 is 10.1 Å². The van der Waals surface area contributed by atoms with Crippen molar-refractivity contribution in [3.05, 3.63) is 60.6 Å². The van der Waals surface area contributed by atoms with Gasteiger partial charge in [0.05, 0.1) is 11.7 Å². The van der Waals surface area contributed by atoms with Gasteiger partial charge in [-0.2, -0.15) is 5.10 Å². The number of rotatable bonds is 6. The molecule has 5 rings (SSSR count). The van der Waals surface area contributed by atoms with Crippen molar-refractivity contribution < 1.29 is 4.74 Å². The Morgan fingerprint density at radius 1 is 1.15 bits per heavy atom. The van der Waals surface area contributed by atoms with Gasteiger partial charge in [0, 0.05) is 66.8 Å². The van der Waals surface area contributed by atoms with Gasteiger partial charge in [-0.1, -0.05) is 5.92 Å². The highest BCUT2D eigenvalue weighted by Crippen LogP contribution is 2.31. The zero-order chi connectivity index (χ0) is 23.7. The molecule has 7 nitrogen and oxygen atoms in total. The molecule has 1 aliphatic rings. The van der Waals surface area contributed by atoms with Gasteiger partial charge in [0.2, 0.25) is 5.95 Å². The standard InChI is InChI=1S/C27H28N6O/c1-5-19-6-7-26-21(10-19)14-28-27(31-26)30-23-11-20(22-15-29-32(4)16-22)12-25(13-23)34-24-8-9-33(17-24)18(2)3/h1,6-7,10-16,18,24H,8-9,17H2,2-4H3,(H,28,30,31). The maximum Gasteiger partial charge on any atom is 0.227 e. The van der Waals surface area contributed by atoms with E-state index in [1.54, 1.807) is 10.9 Å². The Balaban J connectivity index is 1.44. The van der Waals surface area contributed by atoms with E-state index in [1.165, 1.54) is 0 Å². The molecule has 0 amide bonds. The molecule has 3 heterocycles. The Bertz CT molecular complexity index is 1370. The second kappa shape index (κ2) is 9.16. The minimum Gasteiger partial charge on any atom is -0.489 e. The number of likely N-dealkylation sites (tertiary alicyclic amines) is 1. The summed E-state index contributed by atoms with van der Waals surface area (Å²) in [5.74, 6) is 3.98. The van der Waals surface area contributed by atoms with Crippen LogP contribution in [0.1, 0.15) is 25.8 Å². The summed E-state index contributed by atoms with van der Waals surface area (Å²) in [7, 11) is 1.91. The first-order valence-electron chi connectivity index (χ1n) is 11.5. The molecule has 1 fully saturated rings. The van der Waals surface area contributed by atoms with Crippen molar-refractivity contribution in [3.63, 3.8) is 0 Å². The van der Waals surface area contributed by atoms with E-state index < -0.39 is 0 Å². The average Bonchev–Trinajstić information content (AvgIpc) is 3.48. The van der Waals surface area contributed by atoms with Crippen LogP contribution in [0.4, 0.5) is 11.6 Å². The third-order valence-electron chi connectivity index (χ3n) is 6.16. The van der Waals surface area contributed by atoms with Gasteiger partial charge in [-0.15, -0.1) is 6.42 Å². The normalized spacial score (nSPS) is 16.1. The molecule has 172 valence electrons. The molecule has 0 radical (unpaired) electrons. The molecule has 34 heavy (non-hydrogen) atoms. The minimum absolute atomic E-state index is 0.168. The monoisotopic (exact) mass is 452 g/mol. The van der Waals surface area contributed by atoms with Gasteiger partial charge in [0.25, 0.3) is 0 Å². The van der Waals surface area contributed by atoms with Crippen molar-refractivity contribution in [3.8, 4) is 29.2 Å². The van der Waals surface area contributed by atoms with Crippen molar-refractivity contribution in [1.29, 1.82) is 0 Å². The van der Waals surface area contributed by atoms with E-state index in [0.29, 0.717) is 12.0 Å². The Morgan fingerprint density at radius 3 is 2.76 bits per heavy atom. The average molecular weight is 453 g/mol. The number of aryl methyl sites for hydroxylation is 1. The van der Waals surface area contributed by atoms with Crippen LogP contribution in [0.15, 0.2) is 55.0 Å². The molecule has 0 bridgehead atoms. The Labute approximate surface area is 199 Å². The van der Waals surface area contributed by atoms with Crippen LogP contribution in [0.2, 0.25) is 0 Å². The molecule has 2 aromatic carbocycles. The molecule has 2 aromatic heterocycles. The minimum atomic E-state index is 0.168. The maximum atomic E-state index is 6.43. The lowest BCUT2D eigenvalue weighted by Crippen LogP contribution is -2.30. The van der Waals surface area contributed by atoms with Crippen LogP contribution in [0.25, 0.3) is 22.0 Å². The summed E-state index contributed by atoms with van der Waals surface area (Å²) in [5.41, 5.74) is 4.54. The summed E-state index contributed by atoms with van der Waals surface area (Å²) in [5, 5.41) is 8.59. The zero-order valence-electron chi connectivity index (χ0n) is 19.7. The van der Waals surface area contributed by atoms with E-state index in [4.69, 9.17) is 11.2 Å². The van der Waals surface area contributed by atoms with Gasteiger partial charge in [-0.25, -0.2) is 9.97 Å². The van der Waals surface area contributed by atoms with Crippen LogP contribution in [-0.2, 0) is 7.05 Å². The highest BCUT2D eigenvalue weighted by Gasteiger charge is 2.25. The molecule has 1 N–H and O–H groups in total. The largest absolute Gasteiger partial charge is 0.489 e. The van der Waals surface area contributed by atoms with E-state index in [1.807, 2.05) is 43.7 Å². The van der Waals surface area contributed by atoms with Crippen molar-refractivity contribution in [2.45, 2.75) is 32.4 Å². The lowest BCUT2D eigenvalue weighted by molar-refractivity contribution is 0.187. The van der Waals surface area contributed by atoms with Crippen molar-refractivity contribution in [2.75, 3.05) is 18.4 Å². The fourth-order valence-electron chi connectivity index (χ4n) is 4.30. The fraction of sp³-hybridized carbons (Fsp3) is 0.296. The zero-order valence-corrected chi connectivity index (χ0v) is 19.7. The van der Waals surface area contributed by atoms with Crippen LogP contribution in [-0.4, -0.2) is 49.9 Å². The van der Waals surface area contributed by atoms with E-state index in [0.717, 1.165) is 58.5 Å². The number of aromatic nitrogens is 4. The van der Waals surface area contributed by atoms with Crippen molar-refractivity contribution in [2.24, 2.45) is 7.05 Å². The molecule has 1 aliphatic heterocycles. The van der Waals surface area contributed by atoms with Crippen LogP contribution < -0.4 is 10.1 Å². The maximum absolute atomic E-state index is 6.43. The summed E-state index contributed by atoms with van der Waals surface area (Å²) in [6.07, 6.45) is 12.3. The van der Waals surface area contributed by atoms with Gasteiger partial charge in [0.15, 0.2) is 0 Å². The summed E-state index contributed by atoms with van der Waals surface area (Å²) in [4.78, 5) is 11.6. The lowest BCUT2D eigenvalue weighted by atomic mass is 10.1. The smallest absolute Gasteiger partial charge is 0.227 e. The molecule has 0 aliphatic carbocycles. The number of nitrogens with zero attached hydrogens (tertiary/aromatic N) is 5. The first kappa shape index (κ1) is 21.9. The first-order valence-corrected chi connectivity index (χ1v) is 11.5.